The maximum Gasteiger partial charge on any atom is 0.308 e. The molecule has 1 saturated heterocycles. The van der Waals surface area contributed by atoms with E-state index in [0.717, 1.165) is 6.42 Å². The van der Waals surface area contributed by atoms with Gasteiger partial charge in [-0.15, -0.1) is 0 Å². The van der Waals surface area contributed by atoms with Crippen LogP contribution < -0.4 is 0 Å². The van der Waals surface area contributed by atoms with Crippen LogP contribution in [0.5, 0.6) is 0 Å². The van der Waals surface area contributed by atoms with Gasteiger partial charge in [-0.3, -0.25) is 9.59 Å². The molecule has 110 valence electrons. The Morgan fingerprint density at radius 1 is 1.48 bits per heavy atom. The van der Waals surface area contributed by atoms with Crippen LogP contribution in [0.15, 0.2) is 24.3 Å². The Labute approximate surface area is 123 Å². The highest BCUT2D eigenvalue weighted by Crippen LogP contribution is 2.38. The Morgan fingerprint density at radius 2 is 2.19 bits per heavy atom. The van der Waals surface area contributed by atoms with E-state index in [-0.39, 0.29) is 12.3 Å². The molecule has 0 aromatic heterocycles. The highest BCUT2D eigenvalue weighted by Gasteiger charge is 2.41. The number of amides is 1. The number of hydrogen-bond donors (Lipinski definition) is 1. The molecule has 1 N–H and O–H groups in total. The summed E-state index contributed by atoms with van der Waals surface area (Å²) in [6.07, 6.45) is 1.32. The van der Waals surface area contributed by atoms with E-state index in [1.54, 1.807) is 29.2 Å². The van der Waals surface area contributed by atoms with Crippen molar-refractivity contribution in [2.45, 2.75) is 32.2 Å². The van der Waals surface area contributed by atoms with Gasteiger partial charge >= 0.3 is 5.97 Å². The van der Waals surface area contributed by atoms with E-state index < -0.39 is 17.9 Å². The molecule has 1 aromatic rings. The van der Waals surface area contributed by atoms with Crippen molar-refractivity contribution in [2.75, 3.05) is 6.54 Å². The molecule has 1 fully saturated rings. The third-order valence-corrected chi connectivity index (χ3v) is 3.89. The summed E-state index contributed by atoms with van der Waals surface area (Å²) in [5.41, 5.74) is 1.07. The van der Waals surface area contributed by atoms with Gasteiger partial charge in [-0.25, -0.2) is 0 Å². The molecular weight excluding hydrogens is 268 g/mol. The smallest absolute Gasteiger partial charge is 0.308 e. The molecule has 1 aliphatic rings. The van der Waals surface area contributed by atoms with Crippen LogP contribution in [0.3, 0.4) is 0 Å². The number of aliphatic carboxylic acids is 1. The van der Waals surface area contributed by atoms with E-state index in [1.165, 1.54) is 0 Å². The first-order chi connectivity index (χ1) is 10.1. The normalized spacial score (nSPS) is 21.9. The van der Waals surface area contributed by atoms with Gasteiger partial charge in [0, 0.05) is 13.0 Å². The Morgan fingerprint density at radius 3 is 2.81 bits per heavy atom. The Kier molecular flexibility index (Phi) is 4.59. The van der Waals surface area contributed by atoms with Crippen molar-refractivity contribution in [3.63, 3.8) is 0 Å². The van der Waals surface area contributed by atoms with E-state index in [1.807, 2.05) is 6.92 Å². The summed E-state index contributed by atoms with van der Waals surface area (Å²) in [6, 6.07) is 8.48. The highest BCUT2D eigenvalue weighted by atomic mass is 16.4. The number of carbonyl (C=O) groups is 2. The molecule has 1 heterocycles. The largest absolute Gasteiger partial charge is 0.481 e. The van der Waals surface area contributed by atoms with Gasteiger partial charge in [0.05, 0.1) is 23.6 Å². The molecule has 1 aliphatic heterocycles. The van der Waals surface area contributed by atoms with Crippen LogP contribution in [0.4, 0.5) is 0 Å². The van der Waals surface area contributed by atoms with Gasteiger partial charge in [0.2, 0.25) is 5.91 Å². The van der Waals surface area contributed by atoms with Crippen LogP contribution >= 0.6 is 0 Å². The molecule has 2 unspecified atom stereocenters. The number of carbonyl (C=O) groups excluding carboxylic acids is 1. The van der Waals surface area contributed by atoms with Crippen molar-refractivity contribution in [3.8, 4) is 6.07 Å². The Balaban J connectivity index is 2.52. The molecular formula is C16H18N2O3. The monoisotopic (exact) mass is 286 g/mol. The zero-order valence-corrected chi connectivity index (χ0v) is 12.0. The molecule has 0 saturated carbocycles. The Bertz CT molecular complexity index is 591. The van der Waals surface area contributed by atoms with E-state index in [2.05, 4.69) is 6.07 Å². The summed E-state index contributed by atoms with van der Waals surface area (Å²) in [5, 5.41) is 18.7. The molecule has 2 atom stereocenters. The minimum Gasteiger partial charge on any atom is -0.481 e. The van der Waals surface area contributed by atoms with E-state index in [4.69, 9.17) is 0 Å². The van der Waals surface area contributed by atoms with Gasteiger partial charge < -0.3 is 10.0 Å². The maximum atomic E-state index is 12.2. The SMILES string of the molecule is CCCN1C(=O)CCC(C(=O)O)C1c1ccccc1C#N. The van der Waals surface area contributed by atoms with Crippen LogP contribution in [-0.2, 0) is 9.59 Å². The van der Waals surface area contributed by atoms with E-state index in [9.17, 15) is 20.0 Å². The Hall–Kier alpha value is -2.35. The minimum atomic E-state index is -0.915. The molecule has 2 rings (SSSR count). The standard InChI is InChI=1S/C16H18N2O3/c1-2-9-18-14(19)8-7-13(16(20)21)15(18)12-6-4-3-5-11(12)10-17/h3-6,13,15H,2,7-9H2,1H3,(H,20,21). The predicted octanol–water partition coefficient (Wildman–Crippen LogP) is 2.33. The number of rotatable bonds is 4. The zero-order chi connectivity index (χ0) is 15.4. The summed E-state index contributed by atoms with van der Waals surface area (Å²) >= 11 is 0. The fourth-order valence-electron chi connectivity index (χ4n) is 2.96. The van der Waals surface area contributed by atoms with Crippen molar-refractivity contribution in [3.05, 3.63) is 35.4 Å². The van der Waals surface area contributed by atoms with E-state index in [0.29, 0.717) is 24.1 Å². The van der Waals surface area contributed by atoms with Crippen LogP contribution in [0.25, 0.3) is 0 Å². The highest BCUT2D eigenvalue weighted by molar-refractivity contribution is 5.82. The molecule has 21 heavy (non-hydrogen) atoms. The summed E-state index contributed by atoms with van der Waals surface area (Å²) in [7, 11) is 0. The summed E-state index contributed by atoms with van der Waals surface area (Å²) < 4.78 is 0. The number of likely N-dealkylation sites (tertiary alicyclic amines) is 1. The van der Waals surface area contributed by atoms with Crippen molar-refractivity contribution < 1.29 is 14.7 Å². The van der Waals surface area contributed by atoms with Gasteiger partial charge in [0.25, 0.3) is 0 Å². The molecule has 0 aliphatic carbocycles. The first-order valence-corrected chi connectivity index (χ1v) is 7.11. The maximum absolute atomic E-state index is 12.2. The van der Waals surface area contributed by atoms with Crippen LogP contribution in [0.1, 0.15) is 43.4 Å². The van der Waals surface area contributed by atoms with Gasteiger partial charge in [-0.05, 0) is 24.5 Å². The third kappa shape index (κ3) is 2.89. The first kappa shape index (κ1) is 15.0. The molecule has 1 amide bonds. The number of benzene rings is 1. The van der Waals surface area contributed by atoms with Crippen LogP contribution in [0, 0.1) is 17.2 Å². The van der Waals surface area contributed by atoms with Crippen LogP contribution in [-0.4, -0.2) is 28.4 Å². The van der Waals surface area contributed by atoms with E-state index >= 15 is 0 Å². The summed E-state index contributed by atoms with van der Waals surface area (Å²) in [4.78, 5) is 25.4. The van der Waals surface area contributed by atoms with Crippen molar-refractivity contribution in [1.82, 2.24) is 4.90 Å². The zero-order valence-electron chi connectivity index (χ0n) is 12.0. The summed E-state index contributed by atoms with van der Waals surface area (Å²) in [6.45, 7) is 2.46. The predicted molar refractivity (Wildman–Crippen MR) is 76.3 cm³/mol. The lowest BCUT2D eigenvalue weighted by Gasteiger charge is -2.40. The lowest BCUT2D eigenvalue weighted by atomic mass is 9.82. The molecule has 0 bridgehead atoms. The fraction of sp³-hybridized carbons (Fsp3) is 0.438. The number of nitriles is 1. The van der Waals surface area contributed by atoms with Gasteiger partial charge in [-0.2, -0.15) is 5.26 Å². The lowest BCUT2D eigenvalue weighted by molar-refractivity contribution is -0.152. The second-order valence-electron chi connectivity index (χ2n) is 5.21. The minimum absolute atomic E-state index is 0.0351. The molecule has 5 heteroatoms. The molecule has 5 nitrogen and oxygen atoms in total. The average molecular weight is 286 g/mol. The first-order valence-electron chi connectivity index (χ1n) is 7.11. The number of piperidine rings is 1. The van der Waals surface area contributed by atoms with Crippen molar-refractivity contribution in [1.29, 1.82) is 5.26 Å². The summed E-state index contributed by atoms with van der Waals surface area (Å²) in [5.74, 6) is -1.61. The van der Waals surface area contributed by atoms with Crippen molar-refractivity contribution in [2.24, 2.45) is 5.92 Å². The third-order valence-electron chi connectivity index (χ3n) is 3.89. The molecule has 1 aromatic carbocycles. The van der Waals surface area contributed by atoms with Crippen LogP contribution in [0.2, 0.25) is 0 Å². The average Bonchev–Trinajstić information content (AvgIpc) is 2.49. The van der Waals surface area contributed by atoms with Gasteiger partial charge in [-0.1, -0.05) is 25.1 Å². The number of nitrogens with zero attached hydrogens (tertiary/aromatic N) is 2. The number of hydrogen-bond acceptors (Lipinski definition) is 3. The van der Waals surface area contributed by atoms with Crippen molar-refractivity contribution >= 4 is 11.9 Å². The second-order valence-corrected chi connectivity index (χ2v) is 5.21. The number of carboxylic acids is 1. The second kappa shape index (κ2) is 6.40. The van der Waals surface area contributed by atoms with Gasteiger partial charge in [0.1, 0.15) is 0 Å². The topological polar surface area (TPSA) is 81.4 Å². The fourth-order valence-corrected chi connectivity index (χ4v) is 2.96. The van der Waals surface area contributed by atoms with Gasteiger partial charge in [0.15, 0.2) is 0 Å². The lowest BCUT2D eigenvalue weighted by Crippen LogP contribution is -2.45. The quantitative estimate of drug-likeness (QED) is 0.921. The molecule has 0 radical (unpaired) electrons. The number of carboxylic acid groups (broad SMARTS) is 1. The molecule has 0 spiro atoms.